The van der Waals surface area contributed by atoms with Gasteiger partial charge in [-0.25, -0.2) is 0 Å². The fraction of sp³-hybridized carbons (Fsp3) is 0.214. The molecule has 114 valence electrons. The van der Waals surface area contributed by atoms with Crippen molar-refractivity contribution >= 4 is 28.9 Å². The zero-order valence-electron chi connectivity index (χ0n) is 11.1. The van der Waals surface area contributed by atoms with Crippen LogP contribution in [-0.4, -0.2) is 16.7 Å². The van der Waals surface area contributed by atoms with Crippen molar-refractivity contribution in [2.45, 2.75) is 10.8 Å². The average molecular weight is 341 g/mol. The molecule has 1 aromatic heterocycles. The highest BCUT2D eigenvalue weighted by Crippen LogP contribution is 2.46. The largest absolute Gasteiger partial charge is 0.454 e. The summed E-state index contributed by atoms with van der Waals surface area (Å²) in [5.74, 6) is 0.736. The smallest absolute Gasteiger partial charge is 0.278 e. The van der Waals surface area contributed by atoms with Gasteiger partial charge in [-0.05, 0) is 18.2 Å². The molecule has 6 nitrogen and oxygen atoms in total. The SMILES string of the molecule is O=[N+]([O-])c1cc2c(cc1C(Cl)C(Cl)c1ccccn1)OCO2. The number of nitrogens with zero attached hydrogens (tertiary/aromatic N) is 2. The lowest BCUT2D eigenvalue weighted by Crippen LogP contribution is -2.05. The number of nitro benzene ring substituents is 1. The van der Waals surface area contributed by atoms with Gasteiger partial charge in [-0.3, -0.25) is 15.1 Å². The van der Waals surface area contributed by atoms with E-state index < -0.39 is 15.7 Å². The Morgan fingerprint density at radius 2 is 1.91 bits per heavy atom. The van der Waals surface area contributed by atoms with E-state index in [4.69, 9.17) is 32.7 Å². The van der Waals surface area contributed by atoms with Gasteiger partial charge in [-0.15, -0.1) is 23.2 Å². The van der Waals surface area contributed by atoms with Crippen molar-refractivity contribution in [3.8, 4) is 11.5 Å². The van der Waals surface area contributed by atoms with Crippen LogP contribution in [0.15, 0.2) is 36.5 Å². The Labute approximate surface area is 135 Å². The van der Waals surface area contributed by atoms with Crippen molar-refractivity contribution in [1.82, 2.24) is 4.98 Å². The topological polar surface area (TPSA) is 74.5 Å². The van der Waals surface area contributed by atoms with Crippen LogP contribution in [0, 0.1) is 10.1 Å². The molecule has 0 bridgehead atoms. The number of fused-ring (bicyclic) bond motifs is 1. The first kappa shape index (κ1) is 14.9. The first-order chi connectivity index (χ1) is 10.6. The Morgan fingerprint density at radius 1 is 1.18 bits per heavy atom. The lowest BCUT2D eigenvalue weighted by atomic mass is 10.0. The standard InChI is InChI=1S/C14H10Cl2N2O4/c15-13(14(16)9-3-1-2-4-17-9)8-5-11-12(22-7-21-11)6-10(8)18(19)20/h1-6,13-14H,7H2. The van der Waals surface area contributed by atoms with Crippen molar-refractivity contribution in [3.63, 3.8) is 0 Å². The average Bonchev–Trinajstić information content (AvgIpc) is 3.00. The lowest BCUT2D eigenvalue weighted by molar-refractivity contribution is -0.385. The summed E-state index contributed by atoms with van der Waals surface area (Å²) in [4.78, 5) is 14.9. The fourth-order valence-electron chi connectivity index (χ4n) is 2.17. The van der Waals surface area contributed by atoms with Gasteiger partial charge in [0.2, 0.25) is 6.79 Å². The van der Waals surface area contributed by atoms with E-state index in [1.54, 1.807) is 24.4 Å². The van der Waals surface area contributed by atoms with Gasteiger partial charge < -0.3 is 9.47 Å². The van der Waals surface area contributed by atoms with E-state index in [1.165, 1.54) is 12.1 Å². The number of pyridine rings is 1. The third-order valence-corrected chi connectivity index (χ3v) is 4.33. The number of nitro groups is 1. The van der Waals surface area contributed by atoms with E-state index in [0.717, 1.165) is 0 Å². The van der Waals surface area contributed by atoms with Crippen LogP contribution in [0.5, 0.6) is 11.5 Å². The number of hydrogen-bond donors (Lipinski definition) is 0. The Morgan fingerprint density at radius 3 is 2.55 bits per heavy atom. The number of rotatable bonds is 4. The minimum absolute atomic E-state index is 0.0213. The number of benzene rings is 1. The van der Waals surface area contributed by atoms with E-state index in [1.807, 2.05) is 0 Å². The van der Waals surface area contributed by atoms with Crippen molar-refractivity contribution in [1.29, 1.82) is 0 Å². The molecule has 0 N–H and O–H groups in total. The lowest BCUT2D eigenvalue weighted by Gasteiger charge is -2.16. The minimum atomic E-state index is -0.841. The molecule has 0 radical (unpaired) electrons. The first-order valence-electron chi connectivity index (χ1n) is 6.35. The summed E-state index contributed by atoms with van der Waals surface area (Å²) in [6, 6.07) is 8.03. The van der Waals surface area contributed by atoms with Gasteiger partial charge in [0.25, 0.3) is 5.69 Å². The van der Waals surface area contributed by atoms with Crippen LogP contribution in [0.3, 0.4) is 0 Å². The molecule has 22 heavy (non-hydrogen) atoms. The molecule has 0 aliphatic carbocycles. The van der Waals surface area contributed by atoms with Gasteiger partial charge >= 0.3 is 0 Å². The van der Waals surface area contributed by atoms with Crippen LogP contribution in [-0.2, 0) is 0 Å². The second kappa shape index (κ2) is 5.98. The van der Waals surface area contributed by atoms with E-state index in [2.05, 4.69) is 4.98 Å². The number of halogens is 2. The molecular formula is C14H10Cl2N2O4. The molecule has 0 fully saturated rings. The van der Waals surface area contributed by atoms with Crippen LogP contribution in [0.2, 0.25) is 0 Å². The summed E-state index contributed by atoms with van der Waals surface area (Å²) < 4.78 is 10.4. The first-order valence-corrected chi connectivity index (χ1v) is 7.22. The molecule has 0 spiro atoms. The molecule has 1 aromatic carbocycles. The van der Waals surface area contributed by atoms with Crippen molar-refractivity contribution < 1.29 is 14.4 Å². The van der Waals surface area contributed by atoms with Crippen LogP contribution < -0.4 is 9.47 Å². The molecule has 8 heteroatoms. The van der Waals surface area contributed by atoms with E-state index >= 15 is 0 Å². The molecule has 2 heterocycles. The molecular weight excluding hydrogens is 331 g/mol. The van der Waals surface area contributed by atoms with Gasteiger partial charge in [0.1, 0.15) is 0 Å². The van der Waals surface area contributed by atoms with Crippen LogP contribution >= 0.6 is 23.2 Å². The predicted molar refractivity (Wildman–Crippen MR) is 80.6 cm³/mol. The number of alkyl halides is 2. The Hall–Kier alpha value is -2.05. The van der Waals surface area contributed by atoms with E-state index in [9.17, 15) is 10.1 Å². The van der Waals surface area contributed by atoms with E-state index in [0.29, 0.717) is 17.2 Å². The summed E-state index contributed by atoms with van der Waals surface area (Å²) in [7, 11) is 0. The van der Waals surface area contributed by atoms with Crippen LogP contribution in [0.1, 0.15) is 22.0 Å². The molecule has 1 aliphatic rings. The zero-order valence-corrected chi connectivity index (χ0v) is 12.6. The monoisotopic (exact) mass is 340 g/mol. The number of aromatic nitrogens is 1. The Kier molecular flexibility index (Phi) is 4.04. The normalized spacial score (nSPS) is 15.4. The van der Waals surface area contributed by atoms with Gasteiger partial charge in [-0.2, -0.15) is 0 Å². The second-order valence-corrected chi connectivity index (χ2v) is 5.52. The molecule has 2 aromatic rings. The summed E-state index contributed by atoms with van der Waals surface area (Å²) in [6.45, 7) is 0.0213. The molecule has 0 amide bonds. The van der Waals surface area contributed by atoms with Crippen molar-refractivity contribution in [2.75, 3.05) is 6.79 Å². The van der Waals surface area contributed by atoms with Gasteiger partial charge in [0.05, 0.1) is 33.0 Å². The highest BCUT2D eigenvalue weighted by atomic mass is 35.5. The highest BCUT2D eigenvalue weighted by molar-refractivity contribution is 6.30. The van der Waals surface area contributed by atoms with Gasteiger partial charge in [0.15, 0.2) is 11.5 Å². The molecule has 2 unspecified atom stereocenters. The maximum atomic E-state index is 11.3. The molecule has 3 rings (SSSR count). The minimum Gasteiger partial charge on any atom is -0.454 e. The van der Waals surface area contributed by atoms with Gasteiger partial charge in [-0.1, -0.05) is 6.07 Å². The fourth-order valence-corrected chi connectivity index (χ4v) is 2.74. The maximum absolute atomic E-state index is 11.3. The Balaban J connectivity index is 2.01. The summed E-state index contributed by atoms with van der Waals surface area (Å²) in [5, 5.41) is 9.72. The number of ether oxygens (including phenoxy) is 2. The van der Waals surface area contributed by atoms with E-state index in [-0.39, 0.29) is 18.0 Å². The summed E-state index contributed by atoms with van der Waals surface area (Å²) in [5.41, 5.74) is 0.642. The van der Waals surface area contributed by atoms with Crippen LogP contribution in [0.4, 0.5) is 5.69 Å². The Bertz CT molecular complexity index is 711. The molecule has 2 atom stereocenters. The maximum Gasteiger partial charge on any atom is 0.278 e. The highest BCUT2D eigenvalue weighted by Gasteiger charge is 2.31. The molecule has 0 saturated heterocycles. The van der Waals surface area contributed by atoms with Crippen LogP contribution in [0.25, 0.3) is 0 Å². The second-order valence-electron chi connectivity index (χ2n) is 4.58. The summed E-state index contributed by atoms with van der Waals surface area (Å²) >= 11 is 12.7. The van der Waals surface area contributed by atoms with Crippen molar-refractivity contribution in [2.24, 2.45) is 0 Å². The molecule has 1 aliphatic heterocycles. The quantitative estimate of drug-likeness (QED) is 0.478. The predicted octanol–water partition coefficient (Wildman–Crippen LogP) is 3.98. The molecule has 0 saturated carbocycles. The number of hydrogen-bond acceptors (Lipinski definition) is 5. The van der Waals surface area contributed by atoms with Gasteiger partial charge in [0, 0.05) is 6.20 Å². The third-order valence-electron chi connectivity index (χ3n) is 3.24. The third kappa shape index (κ3) is 2.67. The van der Waals surface area contributed by atoms with Crippen molar-refractivity contribution in [3.05, 3.63) is 57.9 Å². The summed E-state index contributed by atoms with van der Waals surface area (Å²) in [6.07, 6.45) is 1.59. The zero-order chi connectivity index (χ0) is 15.7.